The predicted molar refractivity (Wildman–Crippen MR) is 124 cm³/mol. The second-order valence-electron chi connectivity index (χ2n) is 7.62. The van der Waals surface area contributed by atoms with Gasteiger partial charge in [0.15, 0.2) is 0 Å². The summed E-state index contributed by atoms with van der Waals surface area (Å²) in [7, 11) is 9.72. The van der Waals surface area contributed by atoms with Crippen LogP contribution in [-0.4, -0.2) is 0 Å². The van der Waals surface area contributed by atoms with Gasteiger partial charge in [-0.05, 0) is 46.2 Å². The van der Waals surface area contributed by atoms with E-state index < -0.39 is 0 Å². The zero-order valence-electron chi connectivity index (χ0n) is 16.3. The van der Waals surface area contributed by atoms with Crippen LogP contribution in [0.15, 0.2) is 84.9 Å². The Morgan fingerprint density at radius 1 is 0.533 bits per heavy atom. The van der Waals surface area contributed by atoms with Gasteiger partial charge in [-0.3, -0.25) is 0 Å². The molecule has 147 valence electrons. The summed E-state index contributed by atoms with van der Waals surface area (Å²) in [5.41, 5.74) is 14.1. The number of hydrogen-bond donors (Lipinski definition) is 0. The van der Waals surface area contributed by atoms with E-state index in [-0.39, 0.29) is 14.4 Å². The van der Waals surface area contributed by atoms with Gasteiger partial charge in [-0.15, -0.1) is 29.7 Å². The summed E-state index contributed by atoms with van der Waals surface area (Å²) in [4.78, 5) is 0. The molecule has 6 rings (SSSR count). The number of halogens is 2. The van der Waals surface area contributed by atoms with Crippen LogP contribution in [0.4, 0.5) is 0 Å². The third-order valence-electron chi connectivity index (χ3n) is 6.09. The molecule has 0 fully saturated rings. The van der Waals surface area contributed by atoms with Gasteiger partial charge < -0.3 is 0 Å². The molecule has 0 radical (unpaired) electrons. The van der Waals surface area contributed by atoms with Gasteiger partial charge in [0.25, 0.3) is 0 Å². The molecule has 0 unspecified atom stereocenters. The summed E-state index contributed by atoms with van der Waals surface area (Å²) < 4.78 is 0. The molecule has 0 spiro atoms. The predicted octanol–water partition coefficient (Wildman–Crippen LogP) is 7.81. The van der Waals surface area contributed by atoms with Crippen molar-refractivity contribution in [3.63, 3.8) is 0 Å². The van der Waals surface area contributed by atoms with Crippen LogP contribution in [0.5, 0.6) is 0 Å². The molecular formula is C27H19Cl2V-. The van der Waals surface area contributed by atoms with Crippen molar-refractivity contribution in [2.24, 2.45) is 0 Å². The van der Waals surface area contributed by atoms with Crippen molar-refractivity contribution in [3.8, 4) is 22.3 Å². The zero-order valence-corrected chi connectivity index (χ0v) is 19.2. The first-order valence-corrected chi connectivity index (χ1v) is 13.8. The van der Waals surface area contributed by atoms with Gasteiger partial charge in [0, 0.05) is 0 Å². The molecule has 0 aliphatic heterocycles. The minimum absolute atomic E-state index is 0.368. The zero-order chi connectivity index (χ0) is 20.5. The molecule has 0 saturated carbocycles. The molecule has 3 heteroatoms. The molecule has 0 atom stereocenters. The van der Waals surface area contributed by atoms with E-state index in [1.807, 2.05) is 0 Å². The molecule has 0 amide bonds. The maximum absolute atomic E-state index is 4.86. The standard InChI is InChI=1S/C27H19.2ClH.V/c1-3-11-22-20(7-1)16-26-18(9-5-13-24(22)26)15-19-10-6-14-25-23-12-4-2-8-21(23)17-27(19)25;;;/h1-15H,16-17H2;2*1H;/q-1;;;+2/p-2. The molecule has 2 aliphatic rings. The smallest absolute Gasteiger partial charge is 0.0227 e. The summed E-state index contributed by atoms with van der Waals surface area (Å²) in [5, 5.41) is 0. The van der Waals surface area contributed by atoms with Gasteiger partial charge in [-0.1, -0.05) is 83.9 Å². The molecule has 0 nitrogen and oxygen atoms in total. The van der Waals surface area contributed by atoms with E-state index in [9.17, 15) is 0 Å². The van der Waals surface area contributed by atoms with Crippen molar-refractivity contribution < 1.29 is 14.4 Å². The van der Waals surface area contributed by atoms with Gasteiger partial charge in [-0.2, -0.15) is 0 Å². The fourth-order valence-electron chi connectivity index (χ4n) is 4.80. The van der Waals surface area contributed by atoms with Crippen LogP contribution in [0.1, 0.15) is 33.4 Å². The van der Waals surface area contributed by atoms with Crippen molar-refractivity contribution >= 4 is 19.7 Å². The van der Waals surface area contributed by atoms with Crippen molar-refractivity contribution in [2.45, 2.75) is 12.8 Å². The minimum atomic E-state index is -0.368. The topological polar surface area (TPSA) is 0 Å². The Labute approximate surface area is 193 Å². The van der Waals surface area contributed by atoms with E-state index in [0.29, 0.717) is 0 Å². The number of benzene rings is 4. The molecule has 0 saturated heterocycles. The van der Waals surface area contributed by atoms with Crippen LogP contribution in [-0.2, 0) is 27.2 Å². The Balaban J connectivity index is 0.000000609. The molecule has 0 bridgehead atoms. The van der Waals surface area contributed by atoms with Gasteiger partial charge in [0.2, 0.25) is 0 Å². The third-order valence-corrected chi connectivity index (χ3v) is 6.09. The van der Waals surface area contributed by atoms with Crippen molar-refractivity contribution in [2.75, 3.05) is 0 Å². The van der Waals surface area contributed by atoms with Gasteiger partial charge in [-0.25, -0.2) is 0 Å². The van der Waals surface area contributed by atoms with Gasteiger partial charge in [0.1, 0.15) is 0 Å². The van der Waals surface area contributed by atoms with E-state index >= 15 is 0 Å². The number of rotatable bonds is 2. The molecule has 0 N–H and O–H groups in total. The molecule has 30 heavy (non-hydrogen) atoms. The molecule has 4 aromatic rings. The average Bonchev–Trinajstić information content (AvgIpc) is 3.34. The van der Waals surface area contributed by atoms with E-state index in [1.165, 1.54) is 55.6 Å². The van der Waals surface area contributed by atoms with E-state index in [0.717, 1.165) is 12.8 Å². The largest absolute Gasteiger partial charge is 0.126 e. The van der Waals surface area contributed by atoms with E-state index in [2.05, 4.69) is 91.3 Å². The SMILES string of the molecule is [Cl][V][Cl].c1ccc2c(c1)Cc1c([CH-]c3cccc4c3Cc3ccccc3-4)cccc1-2. The molecule has 4 aromatic carbocycles. The van der Waals surface area contributed by atoms with Crippen LogP contribution < -0.4 is 0 Å². The van der Waals surface area contributed by atoms with Crippen molar-refractivity contribution in [1.29, 1.82) is 0 Å². The fourth-order valence-corrected chi connectivity index (χ4v) is 4.80. The minimum Gasteiger partial charge on any atom is -0.126 e. The van der Waals surface area contributed by atoms with Crippen molar-refractivity contribution in [1.82, 2.24) is 0 Å². The van der Waals surface area contributed by atoms with E-state index in [1.54, 1.807) is 0 Å². The summed E-state index contributed by atoms with van der Waals surface area (Å²) in [6.07, 6.45) is 4.47. The first-order chi connectivity index (χ1) is 14.8. The van der Waals surface area contributed by atoms with Gasteiger partial charge in [0.05, 0.1) is 0 Å². The summed E-state index contributed by atoms with van der Waals surface area (Å²) in [5.74, 6) is 0. The summed E-state index contributed by atoms with van der Waals surface area (Å²) in [6.45, 7) is 0. The Kier molecular flexibility index (Phi) is 5.67. The van der Waals surface area contributed by atoms with Crippen LogP contribution in [0.2, 0.25) is 0 Å². The Morgan fingerprint density at radius 2 is 0.933 bits per heavy atom. The van der Waals surface area contributed by atoms with Crippen LogP contribution >= 0.6 is 19.7 Å². The average molecular weight is 465 g/mol. The van der Waals surface area contributed by atoms with E-state index in [4.69, 9.17) is 19.7 Å². The maximum atomic E-state index is 4.86. The monoisotopic (exact) mass is 464 g/mol. The molecule has 2 aliphatic carbocycles. The number of hydrogen-bond acceptors (Lipinski definition) is 0. The number of fused-ring (bicyclic) bond motifs is 6. The quantitative estimate of drug-likeness (QED) is 0.229. The fraction of sp³-hybridized carbons (Fsp3) is 0.0741. The summed E-state index contributed by atoms with van der Waals surface area (Å²) >= 11 is -0.368. The Hall–Kier alpha value is -2.09. The molecular weight excluding hydrogens is 446 g/mol. The third kappa shape index (κ3) is 3.49. The molecule has 0 heterocycles. The molecule has 0 aromatic heterocycles. The van der Waals surface area contributed by atoms with Crippen LogP contribution in [0, 0.1) is 6.42 Å². The van der Waals surface area contributed by atoms with Crippen LogP contribution in [0.25, 0.3) is 22.3 Å². The maximum Gasteiger partial charge on any atom is -0.0227 e. The first-order valence-electron chi connectivity index (χ1n) is 9.97. The van der Waals surface area contributed by atoms with Crippen LogP contribution in [0.3, 0.4) is 0 Å². The Morgan fingerprint density at radius 3 is 1.40 bits per heavy atom. The van der Waals surface area contributed by atoms with Gasteiger partial charge >= 0.3 is 34.1 Å². The summed E-state index contributed by atoms with van der Waals surface area (Å²) in [6, 6.07) is 31.1. The normalized spacial score (nSPS) is 12.1. The van der Waals surface area contributed by atoms with Crippen molar-refractivity contribution in [3.05, 3.63) is 125 Å². The second kappa shape index (κ2) is 8.57. The second-order valence-corrected chi connectivity index (χ2v) is 9.93. The Bertz CT molecular complexity index is 1130. The first kappa shape index (κ1) is 19.9.